The van der Waals surface area contributed by atoms with E-state index < -0.39 is 0 Å². The molecule has 0 aliphatic rings. The van der Waals surface area contributed by atoms with E-state index in [0.717, 1.165) is 55.0 Å². The molecule has 9 aromatic rings. The minimum Gasteiger partial charge on any atom is -0.456 e. The van der Waals surface area contributed by atoms with Gasteiger partial charge in [0.2, 0.25) is 0 Å². The fraction of sp³-hybridized carbons (Fsp3) is 0. The predicted molar refractivity (Wildman–Crippen MR) is 226 cm³/mol. The van der Waals surface area contributed by atoms with E-state index in [1.165, 1.54) is 0 Å². The molecule has 16 radical (unpaired) electrons. The van der Waals surface area contributed by atoms with Gasteiger partial charge in [-0.1, -0.05) is 113 Å². The van der Waals surface area contributed by atoms with E-state index >= 15 is 0 Å². The Labute approximate surface area is 306 Å². The van der Waals surface area contributed by atoms with Crippen molar-refractivity contribution in [3.8, 4) is 33.4 Å². The lowest BCUT2D eigenvalue weighted by atomic mass is 9.59. The highest BCUT2D eigenvalue weighted by molar-refractivity contribution is 6.71. The lowest BCUT2D eigenvalue weighted by Crippen LogP contribution is -2.50. The first-order chi connectivity index (χ1) is 24.7. The summed E-state index contributed by atoms with van der Waals surface area (Å²) in [5.41, 5.74) is 8.19. The van der Waals surface area contributed by atoms with Crippen LogP contribution in [0.2, 0.25) is 0 Å². The zero-order valence-electron chi connectivity index (χ0n) is 27.4. The summed E-state index contributed by atoms with van der Waals surface area (Å²) in [5, 5.41) is 6.35. The largest absolute Gasteiger partial charge is 0.456 e. The van der Waals surface area contributed by atoms with Gasteiger partial charge in [0.15, 0.2) is 0 Å². The van der Waals surface area contributed by atoms with E-state index in [-0.39, 0.29) is 43.7 Å². The molecule has 0 aliphatic carbocycles. The van der Waals surface area contributed by atoms with Crippen LogP contribution in [0.25, 0.3) is 87.6 Å². The average molecular weight is 625 g/mol. The van der Waals surface area contributed by atoms with E-state index in [9.17, 15) is 0 Å². The third-order valence-corrected chi connectivity index (χ3v) is 10.2. The van der Waals surface area contributed by atoms with Crippen LogP contribution in [-0.4, -0.2) is 62.8 Å². The molecule has 0 saturated heterocycles. The maximum absolute atomic E-state index is 6.97. The maximum atomic E-state index is 6.97. The standard InChI is InChI=1S/C42H18B8O/c43-35-31-28(22-12-10-20(11-13-22)19-6-2-1-3-7-19)32-34(38(46)42(50)40(48)36(32)44)29(33(31)37(45)41(49)39(35)47)23-15-16-26-25(18-23)30-24-9-5-4-8-21(24)14-17-27(30)51-26/h1-18H. The van der Waals surface area contributed by atoms with Crippen molar-refractivity contribution in [1.29, 1.82) is 0 Å². The normalized spacial score (nSPS) is 11.8. The zero-order valence-corrected chi connectivity index (χ0v) is 27.4. The Morgan fingerprint density at radius 3 is 1.35 bits per heavy atom. The topological polar surface area (TPSA) is 13.1 Å². The quantitative estimate of drug-likeness (QED) is 0.218. The summed E-state index contributed by atoms with van der Waals surface area (Å²) in [6.07, 6.45) is 0. The number of hydrogen-bond donors (Lipinski definition) is 0. The molecule has 0 spiro atoms. The van der Waals surface area contributed by atoms with Crippen molar-refractivity contribution in [2.24, 2.45) is 0 Å². The second kappa shape index (κ2) is 11.7. The first-order valence-electron chi connectivity index (χ1n) is 16.4. The monoisotopic (exact) mass is 626 g/mol. The van der Waals surface area contributed by atoms with Gasteiger partial charge in [-0.3, -0.25) is 0 Å². The Kier molecular flexibility index (Phi) is 7.30. The molecule has 8 aromatic carbocycles. The van der Waals surface area contributed by atoms with Gasteiger partial charge in [0.1, 0.15) is 73.9 Å². The highest BCUT2D eigenvalue weighted by Gasteiger charge is 2.25. The second-order valence-corrected chi connectivity index (χ2v) is 13.0. The fourth-order valence-electron chi connectivity index (χ4n) is 7.69. The molecule has 0 fully saturated rings. The molecular formula is C42H18B8O. The molecule has 0 atom stereocenters. The van der Waals surface area contributed by atoms with Gasteiger partial charge in [-0.05, 0) is 83.9 Å². The lowest BCUT2D eigenvalue weighted by molar-refractivity contribution is 0.669. The second-order valence-electron chi connectivity index (χ2n) is 13.0. The zero-order chi connectivity index (χ0) is 35.3. The Hall–Kier alpha value is -5.14. The fourth-order valence-corrected chi connectivity index (χ4v) is 7.69. The summed E-state index contributed by atoms with van der Waals surface area (Å²) in [7, 11) is 54.2. The third-order valence-electron chi connectivity index (χ3n) is 10.2. The van der Waals surface area contributed by atoms with Crippen LogP contribution in [0.4, 0.5) is 0 Å². The van der Waals surface area contributed by atoms with Crippen LogP contribution >= 0.6 is 0 Å². The molecule has 9 rings (SSSR count). The lowest BCUT2D eigenvalue weighted by Gasteiger charge is -2.28. The predicted octanol–water partition coefficient (Wildman–Crippen LogP) is 2.40. The highest BCUT2D eigenvalue weighted by atomic mass is 16.3. The van der Waals surface area contributed by atoms with Gasteiger partial charge >= 0.3 is 0 Å². The van der Waals surface area contributed by atoms with Crippen LogP contribution in [0, 0.1) is 0 Å². The summed E-state index contributed by atoms with van der Waals surface area (Å²) in [5.74, 6) is 0. The summed E-state index contributed by atoms with van der Waals surface area (Å²) in [6.45, 7) is 0. The molecule has 0 unspecified atom stereocenters. The Balaban J connectivity index is 1.47. The van der Waals surface area contributed by atoms with E-state index in [1.54, 1.807) is 0 Å². The van der Waals surface area contributed by atoms with E-state index in [2.05, 4.69) is 36.4 Å². The van der Waals surface area contributed by atoms with E-state index in [4.69, 9.17) is 67.2 Å². The highest BCUT2D eigenvalue weighted by Crippen LogP contribution is 2.43. The number of hydrogen-bond acceptors (Lipinski definition) is 1. The Bertz CT molecular complexity index is 2850. The number of fused-ring (bicyclic) bond motifs is 7. The van der Waals surface area contributed by atoms with E-state index in [0.29, 0.717) is 32.7 Å². The molecule has 1 aromatic heterocycles. The number of benzene rings is 8. The molecule has 0 aliphatic heterocycles. The first kappa shape index (κ1) is 31.8. The molecule has 51 heavy (non-hydrogen) atoms. The van der Waals surface area contributed by atoms with Crippen LogP contribution in [0.15, 0.2) is 114 Å². The average Bonchev–Trinajstić information content (AvgIpc) is 3.55. The third kappa shape index (κ3) is 4.60. The van der Waals surface area contributed by atoms with Crippen LogP contribution in [0.3, 0.4) is 0 Å². The number of rotatable bonds is 3. The molecule has 0 N–H and O–H groups in total. The van der Waals surface area contributed by atoms with Crippen molar-refractivity contribution < 1.29 is 4.42 Å². The molecule has 0 amide bonds. The summed E-state index contributed by atoms with van der Waals surface area (Å²) < 4.78 is 6.34. The summed E-state index contributed by atoms with van der Waals surface area (Å²) in [4.78, 5) is 0. The van der Waals surface area contributed by atoms with Crippen molar-refractivity contribution in [2.75, 3.05) is 0 Å². The minimum absolute atomic E-state index is 0.168. The van der Waals surface area contributed by atoms with Gasteiger partial charge in [0, 0.05) is 10.8 Å². The Morgan fingerprint density at radius 1 is 0.314 bits per heavy atom. The van der Waals surface area contributed by atoms with Crippen LogP contribution in [0.5, 0.6) is 0 Å². The smallest absolute Gasteiger partial charge is 0.136 e. The SMILES string of the molecule is [B]c1c([B])c([B])c2c(-c3ccc4oc5ccc6ccccc6c5c4c3)c3c([B])c([B])c([B])c([B])c3c(-c3ccc(-c4ccccc4)cc3)c2c1[B]. The molecule has 0 bridgehead atoms. The van der Waals surface area contributed by atoms with Gasteiger partial charge in [0.05, 0.1) is 0 Å². The van der Waals surface area contributed by atoms with Crippen molar-refractivity contribution in [1.82, 2.24) is 0 Å². The molecule has 9 heteroatoms. The molecule has 0 saturated carbocycles. The van der Waals surface area contributed by atoms with E-state index in [1.807, 2.05) is 72.8 Å². The van der Waals surface area contributed by atoms with Crippen molar-refractivity contribution in [3.05, 3.63) is 109 Å². The van der Waals surface area contributed by atoms with Crippen molar-refractivity contribution >= 4 is 161 Å². The molecule has 1 nitrogen and oxygen atoms in total. The van der Waals surface area contributed by atoms with Gasteiger partial charge < -0.3 is 4.42 Å². The first-order valence-corrected chi connectivity index (χ1v) is 16.4. The maximum Gasteiger partial charge on any atom is 0.136 e. The van der Waals surface area contributed by atoms with Crippen LogP contribution < -0.4 is 43.7 Å². The van der Waals surface area contributed by atoms with Gasteiger partial charge in [-0.2, -0.15) is 0 Å². The summed E-state index contributed by atoms with van der Waals surface area (Å²) >= 11 is 0. The van der Waals surface area contributed by atoms with Crippen LogP contribution in [0.1, 0.15) is 0 Å². The van der Waals surface area contributed by atoms with Crippen molar-refractivity contribution in [2.45, 2.75) is 0 Å². The van der Waals surface area contributed by atoms with Crippen molar-refractivity contribution in [3.63, 3.8) is 0 Å². The van der Waals surface area contributed by atoms with Gasteiger partial charge in [-0.15, -0.1) is 21.9 Å². The molecular weight excluding hydrogens is 607 g/mol. The summed E-state index contributed by atoms with van der Waals surface area (Å²) in [6, 6.07) is 36.4. The van der Waals surface area contributed by atoms with Crippen LogP contribution in [-0.2, 0) is 0 Å². The van der Waals surface area contributed by atoms with Gasteiger partial charge in [0.25, 0.3) is 0 Å². The molecule has 1 heterocycles. The number of furan rings is 1. The minimum atomic E-state index is 0.168. The Morgan fingerprint density at radius 2 is 0.765 bits per heavy atom. The van der Waals surface area contributed by atoms with Gasteiger partial charge in [-0.25, -0.2) is 0 Å². The molecule has 216 valence electrons.